The molecule has 0 aliphatic carbocycles. The lowest BCUT2D eigenvalue weighted by atomic mass is 10.0. The van der Waals surface area contributed by atoms with Gasteiger partial charge in [-0.3, -0.25) is 15.0 Å². The van der Waals surface area contributed by atoms with Crippen molar-refractivity contribution in [1.29, 1.82) is 0 Å². The Labute approximate surface area is 172 Å². The van der Waals surface area contributed by atoms with E-state index < -0.39 is 40.8 Å². The molecule has 2 aromatic carbocycles. The summed E-state index contributed by atoms with van der Waals surface area (Å²) >= 11 is 0. The molecule has 31 heavy (non-hydrogen) atoms. The van der Waals surface area contributed by atoms with Gasteiger partial charge in [0.1, 0.15) is 11.6 Å². The molecule has 3 rings (SSSR count). The fourth-order valence-corrected chi connectivity index (χ4v) is 2.93. The Balaban J connectivity index is 2.06. The highest BCUT2D eigenvalue weighted by Gasteiger charge is 2.31. The number of amides is 1. The van der Waals surface area contributed by atoms with Gasteiger partial charge in [0.15, 0.2) is 0 Å². The second-order valence-electron chi connectivity index (χ2n) is 7.08. The molecule has 0 aliphatic rings. The van der Waals surface area contributed by atoms with E-state index in [0.29, 0.717) is 6.07 Å². The van der Waals surface area contributed by atoms with E-state index in [9.17, 15) is 31.5 Å². The number of halogens is 5. The monoisotopic (exact) mass is 440 g/mol. The maximum Gasteiger partial charge on any atom is 0.416 e. The van der Waals surface area contributed by atoms with Gasteiger partial charge in [-0.25, -0.2) is 13.8 Å². The first-order valence-electron chi connectivity index (χ1n) is 8.96. The number of carbonyl (C=O) groups excluding carboxylic acids is 1. The van der Waals surface area contributed by atoms with Crippen LogP contribution in [0.2, 0.25) is 0 Å². The number of alkyl halides is 3. The Bertz CT molecular complexity index is 1200. The van der Waals surface area contributed by atoms with Crippen LogP contribution in [0.1, 0.15) is 24.0 Å². The van der Waals surface area contributed by atoms with Crippen LogP contribution in [0.4, 0.5) is 27.9 Å². The predicted octanol–water partition coefficient (Wildman–Crippen LogP) is 3.63. The molecule has 0 spiro atoms. The highest BCUT2D eigenvalue weighted by molar-refractivity contribution is 5.90. The zero-order chi connectivity index (χ0) is 23.1. The number of aromatic nitrogens is 2. The third-order valence-corrected chi connectivity index (χ3v) is 4.58. The number of carbonyl (C=O) groups is 1. The molecule has 0 saturated heterocycles. The summed E-state index contributed by atoms with van der Waals surface area (Å²) in [6.07, 6.45) is -4.62. The van der Waals surface area contributed by atoms with E-state index >= 15 is 0 Å². The smallest absolute Gasteiger partial charge is 0.347 e. The van der Waals surface area contributed by atoms with Gasteiger partial charge in [0.25, 0.3) is 5.56 Å². The minimum absolute atomic E-state index is 0.0398. The fourth-order valence-electron chi connectivity index (χ4n) is 2.93. The average Bonchev–Trinajstić information content (AvgIpc) is 2.67. The topological polar surface area (TPSA) is 67.2 Å². The summed E-state index contributed by atoms with van der Waals surface area (Å²) in [6.45, 7) is 1.38. The van der Waals surface area contributed by atoms with Crippen LogP contribution in [0.3, 0.4) is 0 Å². The van der Waals surface area contributed by atoms with Crippen molar-refractivity contribution in [3.05, 3.63) is 69.5 Å². The quantitative estimate of drug-likeness (QED) is 0.630. The largest absolute Gasteiger partial charge is 0.416 e. The molecule has 0 saturated carbocycles. The number of hydrogen-bond donors (Lipinski definition) is 1. The molecule has 1 atom stereocenters. The summed E-state index contributed by atoms with van der Waals surface area (Å²) in [6, 6.07) is 5.09. The summed E-state index contributed by atoms with van der Waals surface area (Å²) in [7, 11) is 2.96. The summed E-state index contributed by atoms with van der Waals surface area (Å²) in [5.41, 5.74) is 0.385. The van der Waals surface area contributed by atoms with Crippen LogP contribution in [-0.4, -0.2) is 29.7 Å². The molecular formula is C20H17F5N4O2. The van der Waals surface area contributed by atoms with E-state index in [1.807, 2.05) is 0 Å². The molecule has 164 valence electrons. The first-order chi connectivity index (χ1) is 14.4. The molecule has 1 amide bonds. The van der Waals surface area contributed by atoms with Crippen molar-refractivity contribution in [1.82, 2.24) is 9.66 Å². The van der Waals surface area contributed by atoms with Crippen LogP contribution in [0.5, 0.6) is 0 Å². The van der Waals surface area contributed by atoms with Crippen molar-refractivity contribution in [3.8, 4) is 0 Å². The second-order valence-corrected chi connectivity index (χ2v) is 7.08. The molecule has 0 radical (unpaired) electrons. The number of anilines is 1. The van der Waals surface area contributed by atoms with Crippen molar-refractivity contribution in [2.24, 2.45) is 0 Å². The van der Waals surface area contributed by atoms with Crippen LogP contribution >= 0.6 is 0 Å². The van der Waals surface area contributed by atoms with Gasteiger partial charge < -0.3 is 4.90 Å². The van der Waals surface area contributed by atoms with Crippen molar-refractivity contribution in [3.63, 3.8) is 0 Å². The van der Waals surface area contributed by atoms with E-state index in [-0.39, 0.29) is 22.4 Å². The van der Waals surface area contributed by atoms with Gasteiger partial charge in [0.05, 0.1) is 22.4 Å². The molecule has 0 bridgehead atoms. The molecule has 6 nitrogen and oxygen atoms in total. The number of nitrogens with zero attached hydrogens (tertiary/aromatic N) is 3. The van der Waals surface area contributed by atoms with E-state index in [4.69, 9.17) is 0 Å². The number of rotatable bonds is 4. The van der Waals surface area contributed by atoms with Gasteiger partial charge >= 0.3 is 6.18 Å². The zero-order valence-electron chi connectivity index (χ0n) is 16.6. The predicted molar refractivity (Wildman–Crippen MR) is 104 cm³/mol. The number of fused-ring (bicyclic) bond motifs is 1. The van der Waals surface area contributed by atoms with Gasteiger partial charge in [-0.05, 0) is 42.8 Å². The number of hydrogen-bond acceptors (Lipinski definition) is 4. The highest BCUT2D eigenvalue weighted by Crippen LogP contribution is 2.30. The molecule has 1 N–H and O–H groups in total. The van der Waals surface area contributed by atoms with Gasteiger partial charge in [0.2, 0.25) is 11.9 Å². The SMILES string of the molecule is CC(C(=O)Nn1c(N(C)C)nc2cc(C(F)(F)F)ccc2c1=O)c1cc(F)cc(F)c1. The second kappa shape index (κ2) is 7.97. The normalized spacial score (nSPS) is 12.6. The average molecular weight is 440 g/mol. The highest BCUT2D eigenvalue weighted by atomic mass is 19.4. The molecule has 1 heterocycles. The lowest BCUT2D eigenvalue weighted by Gasteiger charge is -2.21. The van der Waals surface area contributed by atoms with Gasteiger partial charge in [0, 0.05) is 20.2 Å². The van der Waals surface area contributed by atoms with E-state index in [1.165, 1.54) is 25.9 Å². The first kappa shape index (κ1) is 22.2. The first-order valence-corrected chi connectivity index (χ1v) is 8.96. The standard InChI is InChI=1S/C20H17F5N4O2/c1-10(11-6-13(21)9-14(22)7-11)17(30)27-29-18(31)15-5-4-12(20(23,24)25)8-16(15)26-19(29)28(2)3/h4-10H,1-3H3,(H,27,30). The molecular weight excluding hydrogens is 423 g/mol. The van der Waals surface area contributed by atoms with Crippen LogP contribution < -0.4 is 15.9 Å². The van der Waals surface area contributed by atoms with Crippen molar-refractivity contribution in [2.75, 3.05) is 24.4 Å². The lowest BCUT2D eigenvalue weighted by Crippen LogP contribution is -2.39. The zero-order valence-corrected chi connectivity index (χ0v) is 16.6. The Morgan fingerprint density at radius 2 is 1.71 bits per heavy atom. The molecule has 0 fully saturated rings. The Morgan fingerprint density at radius 1 is 1.10 bits per heavy atom. The summed E-state index contributed by atoms with van der Waals surface area (Å²) in [5, 5.41) is -0.150. The maximum absolute atomic E-state index is 13.5. The molecule has 1 aromatic heterocycles. The molecule has 3 aromatic rings. The van der Waals surface area contributed by atoms with Crippen molar-refractivity contribution in [2.45, 2.75) is 19.0 Å². The third-order valence-electron chi connectivity index (χ3n) is 4.58. The van der Waals surface area contributed by atoms with E-state index in [2.05, 4.69) is 10.4 Å². The summed E-state index contributed by atoms with van der Waals surface area (Å²) in [4.78, 5) is 31.0. The van der Waals surface area contributed by atoms with Crippen molar-refractivity contribution < 1.29 is 26.7 Å². The number of benzene rings is 2. The summed E-state index contributed by atoms with van der Waals surface area (Å²) in [5.74, 6) is -3.69. The molecule has 11 heteroatoms. The Kier molecular flexibility index (Phi) is 5.70. The van der Waals surface area contributed by atoms with E-state index in [0.717, 1.165) is 35.0 Å². The minimum Gasteiger partial charge on any atom is -0.347 e. The van der Waals surface area contributed by atoms with E-state index in [1.54, 1.807) is 0 Å². The molecule has 0 aliphatic heterocycles. The van der Waals surface area contributed by atoms with Crippen molar-refractivity contribution >= 4 is 22.8 Å². The Hall–Kier alpha value is -3.50. The molecule has 1 unspecified atom stereocenters. The summed E-state index contributed by atoms with van der Waals surface area (Å²) < 4.78 is 66.7. The maximum atomic E-state index is 13.5. The van der Waals surface area contributed by atoms with Gasteiger partial charge in [-0.1, -0.05) is 0 Å². The van der Waals surface area contributed by atoms with Crippen LogP contribution in [0, 0.1) is 11.6 Å². The Morgan fingerprint density at radius 3 is 2.26 bits per heavy atom. The van der Waals surface area contributed by atoms with Gasteiger partial charge in [-0.2, -0.15) is 17.8 Å². The van der Waals surface area contributed by atoms with Crippen LogP contribution in [0.25, 0.3) is 10.9 Å². The third kappa shape index (κ3) is 4.49. The van der Waals surface area contributed by atoms with Gasteiger partial charge in [-0.15, -0.1) is 0 Å². The fraction of sp³-hybridized carbons (Fsp3) is 0.250. The van der Waals surface area contributed by atoms with Crippen LogP contribution in [-0.2, 0) is 11.0 Å². The van der Waals surface area contributed by atoms with Crippen LogP contribution in [0.15, 0.2) is 41.2 Å². The number of nitrogens with one attached hydrogen (secondary N) is 1. The lowest BCUT2D eigenvalue weighted by molar-refractivity contribution is -0.137. The minimum atomic E-state index is -4.62.